The molecule has 2 aromatic rings. The summed E-state index contributed by atoms with van der Waals surface area (Å²) in [4.78, 5) is 22.6. The predicted molar refractivity (Wildman–Crippen MR) is 154 cm³/mol. The van der Waals surface area contributed by atoms with Gasteiger partial charge in [-0.05, 0) is 93.5 Å². The first-order valence-electron chi connectivity index (χ1n) is 13.8. The third-order valence-electron chi connectivity index (χ3n) is 5.82. The predicted octanol–water partition coefficient (Wildman–Crippen LogP) is 6.04. The van der Waals surface area contributed by atoms with Gasteiger partial charge in [0.25, 0.3) is 0 Å². The van der Waals surface area contributed by atoms with Crippen LogP contribution >= 0.6 is 0 Å². The number of hydrogen-bond donors (Lipinski definition) is 2. The molecule has 0 fully saturated rings. The van der Waals surface area contributed by atoms with E-state index in [-0.39, 0.29) is 0 Å². The van der Waals surface area contributed by atoms with Gasteiger partial charge in [-0.2, -0.15) is 0 Å². The number of carboxylic acids is 1. The summed E-state index contributed by atoms with van der Waals surface area (Å²) >= 11 is 0. The number of carbonyl (C=O) groups is 2. The van der Waals surface area contributed by atoms with Crippen LogP contribution in [0, 0.1) is 0 Å². The molecular formula is C29H43NO8Si. The highest BCUT2D eigenvalue weighted by atomic mass is 28.4. The van der Waals surface area contributed by atoms with Crippen molar-refractivity contribution in [2.75, 3.05) is 39.6 Å². The van der Waals surface area contributed by atoms with E-state index in [4.69, 9.17) is 27.9 Å². The van der Waals surface area contributed by atoms with Crippen molar-refractivity contribution in [1.29, 1.82) is 0 Å². The van der Waals surface area contributed by atoms with Gasteiger partial charge < -0.3 is 33.2 Å². The Labute approximate surface area is 232 Å². The largest absolute Gasteiger partial charge is 0.500 e. The Morgan fingerprint density at radius 3 is 2.15 bits per heavy atom. The van der Waals surface area contributed by atoms with Gasteiger partial charge in [0.1, 0.15) is 5.75 Å². The molecule has 0 aliphatic heterocycles. The smallest absolute Gasteiger partial charge is 0.494 e. The van der Waals surface area contributed by atoms with E-state index in [1.807, 2.05) is 57.2 Å². The van der Waals surface area contributed by atoms with Crippen molar-refractivity contribution in [1.82, 2.24) is 5.32 Å². The molecule has 0 radical (unpaired) electrons. The summed E-state index contributed by atoms with van der Waals surface area (Å²) in [6.45, 7) is 8.87. The van der Waals surface area contributed by atoms with E-state index in [0.717, 1.165) is 53.8 Å². The van der Waals surface area contributed by atoms with E-state index in [1.165, 1.54) is 0 Å². The molecule has 0 saturated heterocycles. The Hall–Kier alpha value is -2.92. The molecule has 1 amide bonds. The lowest BCUT2D eigenvalue weighted by Crippen LogP contribution is -2.46. The van der Waals surface area contributed by atoms with E-state index >= 15 is 0 Å². The summed E-state index contributed by atoms with van der Waals surface area (Å²) in [6.07, 6.45) is 6.64. The van der Waals surface area contributed by atoms with Gasteiger partial charge in [-0.3, -0.25) is 0 Å². The Morgan fingerprint density at radius 2 is 1.49 bits per heavy atom. The van der Waals surface area contributed by atoms with Crippen LogP contribution in [0.4, 0.5) is 4.79 Å². The van der Waals surface area contributed by atoms with Crippen LogP contribution in [0.15, 0.2) is 42.5 Å². The molecule has 0 aliphatic rings. The van der Waals surface area contributed by atoms with E-state index < -0.39 is 20.9 Å². The second-order valence-electron chi connectivity index (χ2n) is 8.85. The molecule has 0 heterocycles. The fraction of sp³-hybridized carbons (Fsp3) is 0.517. The van der Waals surface area contributed by atoms with Crippen molar-refractivity contribution in [2.45, 2.75) is 58.9 Å². The number of carbonyl (C=O) groups excluding carboxylic acids is 1. The first-order chi connectivity index (χ1) is 18.9. The van der Waals surface area contributed by atoms with Crippen LogP contribution < -0.4 is 10.1 Å². The summed E-state index contributed by atoms with van der Waals surface area (Å²) in [7, 11) is -2.68. The molecule has 0 unspecified atom stereocenters. The molecule has 0 aliphatic carbocycles. The third kappa shape index (κ3) is 12.7. The molecule has 9 nitrogen and oxygen atoms in total. The minimum Gasteiger partial charge on any atom is -0.494 e. The number of carboxylic acid groups (broad SMARTS) is 1. The number of aliphatic carboxylic acids is 1. The molecule has 2 N–H and O–H groups in total. The third-order valence-corrected chi connectivity index (χ3v) is 8.97. The van der Waals surface area contributed by atoms with Gasteiger partial charge >= 0.3 is 20.9 Å². The summed E-state index contributed by atoms with van der Waals surface area (Å²) in [6, 6.07) is 12.3. The number of fused-ring (bicyclic) bond motifs is 1. The first-order valence-corrected chi connectivity index (χ1v) is 15.7. The van der Waals surface area contributed by atoms with E-state index in [1.54, 1.807) is 6.08 Å². The van der Waals surface area contributed by atoms with Crippen LogP contribution in [0.1, 0.15) is 58.4 Å². The van der Waals surface area contributed by atoms with Crippen molar-refractivity contribution in [3.63, 3.8) is 0 Å². The Bertz CT molecular complexity index is 1030. The lowest BCUT2D eigenvalue weighted by Gasteiger charge is -2.28. The van der Waals surface area contributed by atoms with Crippen LogP contribution in [0.25, 0.3) is 16.8 Å². The van der Waals surface area contributed by atoms with E-state index in [0.29, 0.717) is 52.0 Å². The number of benzene rings is 2. The van der Waals surface area contributed by atoms with Crippen LogP contribution in [0.3, 0.4) is 0 Å². The number of nitrogens with one attached hydrogen (secondary N) is 1. The zero-order valence-corrected chi connectivity index (χ0v) is 24.4. The lowest BCUT2D eigenvalue weighted by molar-refractivity contribution is -0.131. The number of unbranched alkanes of at least 4 members (excludes halogenated alkanes) is 3. The normalized spacial score (nSPS) is 11.7. The fourth-order valence-corrected chi connectivity index (χ4v) is 6.68. The van der Waals surface area contributed by atoms with Gasteiger partial charge in [0.15, 0.2) is 0 Å². The maximum atomic E-state index is 11.9. The van der Waals surface area contributed by atoms with Gasteiger partial charge in [-0.25, -0.2) is 9.59 Å². The van der Waals surface area contributed by atoms with E-state index in [9.17, 15) is 9.59 Å². The average molecular weight is 562 g/mol. The van der Waals surface area contributed by atoms with Crippen molar-refractivity contribution in [3.8, 4) is 5.75 Å². The van der Waals surface area contributed by atoms with Gasteiger partial charge in [-0.1, -0.05) is 18.2 Å². The Morgan fingerprint density at radius 1 is 0.846 bits per heavy atom. The highest BCUT2D eigenvalue weighted by Gasteiger charge is 2.39. The Balaban J connectivity index is 1.56. The van der Waals surface area contributed by atoms with Gasteiger partial charge in [0.05, 0.1) is 13.2 Å². The van der Waals surface area contributed by atoms with Crippen molar-refractivity contribution >= 4 is 37.7 Å². The average Bonchev–Trinajstić information content (AvgIpc) is 2.91. The molecular weight excluding hydrogens is 518 g/mol. The topological polar surface area (TPSA) is 113 Å². The minimum absolute atomic E-state index is 0.385. The summed E-state index contributed by atoms with van der Waals surface area (Å²) < 4.78 is 28.6. The van der Waals surface area contributed by atoms with Gasteiger partial charge in [-0.15, -0.1) is 0 Å². The van der Waals surface area contributed by atoms with Crippen LogP contribution in [0.2, 0.25) is 6.04 Å². The highest BCUT2D eigenvalue weighted by Crippen LogP contribution is 2.23. The number of hydrogen-bond acceptors (Lipinski definition) is 7. The quantitative estimate of drug-likeness (QED) is 0.114. The number of alkyl carbamates (subject to hydrolysis) is 1. The molecule has 2 aromatic carbocycles. The summed E-state index contributed by atoms with van der Waals surface area (Å²) in [5.41, 5.74) is 0.838. The summed E-state index contributed by atoms with van der Waals surface area (Å²) in [5.74, 6) is -0.161. The summed E-state index contributed by atoms with van der Waals surface area (Å²) in [5, 5.41) is 13.6. The zero-order chi connectivity index (χ0) is 28.3. The zero-order valence-electron chi connectivity index (χ0n) is 23.4. The van der Waals surface area contributed by atoms with Crippen LogP contribution in [-0.2, 0) is 22.8 Å². The maximum Gasteiger partial charge on any atom is 0.500 e. The molecule has 0 spiro atoms. The van der Waals surface area contributed by atoms with Crippen molar-refractivity contribution < 1.29 is 37.4 Å². The molecule has 0 saturated carbocycles. The first kappa shape index (κ1) is 32.3. The highest BCUT2D eigenvalue weighted by molar-refractivity contribution is 6.60. The van der Waals surface area contributed by atoms with Crippen LogP contribution in [0.5, 0.6) is 5.75 Å². The SMILES string of the molecule is CCO[Si](CCCNC(=O)OCCCCCCOc1ccc2cc(C=CC(=O)O)ccc2c1)(OCC)OCC. The number of amides is 1. The van der Waals surface area contributed by atoms with Crippen LogP contribution in [-0.4, -0.2) is 65.6 Å². The standard InChI is InChI=1S/C29H43NO8Si/c1-4-36-39(37-5-2,38-6-3)21-11-18-30-29(33)35-20-10-8-7-9-19-34-27-16-15-25-22-24(13-17-28(31)32)12-14-26(25)23-27/h12-17,22-23H,4-11,18-21H2,1-3H3,(H,30,33)(H,31,32). The molecule has 0 atom stereocenters. The lowest BCUT2D eigenvalue weighted by atomic mass is 10.1. The fourth-order valence-electron chi connectivity index (χ4n) is 4.06. The number of rotatable bonds is 20. The molecule has 10 heteroatoms. The molecule has 216 valence electrons. The molecule has 39 heavy (non-hydrogen) atoms. The van der Waals surface area contributed by atoms with Crippen molar-refractivity contribution in [2.24, 2.45) is 0 Å². The monoisotopic (exact) mass is 561 g/mol. The van der Waals surface area contributed by atoms with Crippen molar-refractivity contribution in [3.05, 3.63) is 48.0 Å². The Kier molecular flexibility index (Phi) is 15.2. The molecule has 2 rings (SSSR count). The minimum atomic E-state index is -2.68. The number of ether oxygens (including phenoxy) is 2. The second kappa shape index (κ2) is 18.4. The molecule has 0 bridgehead atoms. The maximum absolute atomic E-state index is 11.9. The van der Waals surface area contributed by atoms with Gasteiger partial charge in [0, 0.05) is 38.5 Å². The second-order valence-corrected chi connectivity index (χ2v) is 11.6. The van der Waals surface area contributed by atoms with Gasteiger partial charge in [0.2, 0.25) is 0 Å². The molecule has 0 aromatic heterocycles. The van der Waals surface area contributed by atoms with E-state index in [2.05, 4.69) is 5.32 Å².